The number of nitrogens with one attached hydrogen (secondary N) is 2. The van der Waals surface area contributed by atoms with Gasteiger partial charge in [-0.1, -0.05) is 36.4 Å². The van der Waals surface area contributed by atoms with Crippen LogP contribution in [0.3, 0.4) is 0 Å². The molecule has 2 amide bonds. The summed E-state index contributed by atoms with van der Waals surface area (Å²) in [5.41, 5.74) is 3.68. The molecule has 0 saturated carbocycles. The summed E-state index contributed by atoms with van der Waals surface area (Å²) in [5, 5.41) is 10.2. The molecule has 0 unspecified atom stereocenters. The smallest absolute Gasteiger partial charge is 0.291 e. The number of hydrogen-bond acceptors (Lipinski definition) is 10. The number of ether oxygens (including phenoxy) is 3. The minimum atomic E-state index is -0.956. The second-order valence-electron chi connectivity index (χ2n) is 11.1. The molecule has 0 fully saturated rings. The van der Waals surface area contributed by atoms with Gasteiger partial charge in [-0.3, -0.25) is 19.5 Å². The number of aromatic amines is 1. The molecule has 5 aromatic rings. The molecule has 0 aliphatic carbocycles. The van der Waals surface area contributed by atoms with Crippen molar-refractivity contribution in [3.8, 4) is 17.2 Å². The normalized spacial score (nSPS) is 14.2. The molecule has 1 atom stereocenters. The Morgan fingerprint density at radius 2 is 1.81 bits per heavy atom. The van der Waals surface area contributed by atoms with Crippen LogP contribution in [0, 0.1) is 0 Å². The fraction of sp³-hybridized carbons (Fsp3) is 0.265. The Labute approximate surface area is 270 Å². The zero-order valence-electron chi connectivity index (χ0n) is 26.1. The molecule has 0 radical (unpaired) electrons. The largest absolute Gasteiger partial charge is 0.493 e. The van der Waals surface area contributed by atoms with Gasteiger partial charge < -0.3 is 24.4 Å². The van der Waals surface area contributed by atoms with Crippen LogP contribution < -0.4 is 24.4 Å². The zero-order valence-corrected chi connectivity index (χ0v) is 26.1. The van der Waals surface area contributed by atoms with E-state index < -0.39 is 11.9 Å². The minimum absolute atomic E-state index is 0.00270. The summed E-state index contributed by atoms with van der Waals surface area (Å²) in [5.74, 6) is 1.10. The molecule has 3 heterocycles. The average molecular weight is 636 g/mol. The van der Waals surface area contributed by atoms with Gasteiger partial charge in [-0.25, -0.2) is 15.0 Å². The lowest BCUT2D eigenvalue weighted by molar-refractivity contribution is -0.120. The number of methoxy groups -OCH3 is 2. The van der Waals surface area contributed by atoms with E-state index in [1.807, 2.05) is 42.5 Å². The maximum Gasteiger partial charge on any atom is 0.291 e. The summed E-state index contributed by atoms with van der Waals surface area (Å²) >= 11 is 0. The number of ketones is 1. The van der Waals surface area contributed by atoms with Gasteiger partial charge in [0.25, 0.3) is 11.8 Å². The molecule has 13 heteroatoms. The van der Waals surface area contributed by atoms with E-state index in [-0.39, 0.29) is 37.0 Å². The summed E-state index contributed by atoms with van der Waals surface area (Å²) in [6.45, 7) is -0.0649. The van der Waals surface area contributed by atoms with E-state index in [0.29, 0.717) is 52.8 Å². The summed E-state index contributed by atoms with van der Waals surface area (Å²) in [6.07, 6.45) is 2.75. The molecule has 1 aliphatic heterocycles. The van der Waals surface area contributed by atoms with Crippen molar-refractivity contribution in [1.82, 2.24) is 30.5 Å². The lowest BCUT2D eigenvalue weighted by Gasteiger charge is -2.20. The maximum absolute atomic E-state index is 13.4. The predicted molar refractivity (Wildman–Crippen MR) is 172 cm³/mol. The molecule has 1 aliphatic rings. The Balaban J connectivity index is 1.08. The molecule has 13 nitrogen and oxygen atoms in total. The van der Waals surface area contributed by atoms with Crippen molar-refractivity contribution in [3.05, 3.63) is 95.5 Å². The maximum atomic E-state index is 13.4. The number of likely N-dealkylation sites (N-methyl/N-ethyl adjacent to an activating group) is 1. The number of Topliss-reactive ketones (excluding diaryl/α,β-unsaturated/α-hetero) is 1. The van der Waals surface area contributed by atoms with E-state index in [1.54, 1.807) is 39.5 Å². The highest BCUT2D eigenvalue weighted by molar-refractivity contribution is 6.02. The molecule has 0 spiro atoms. The molecule has 2 aromatic heterocycles. The monoisotopic (exact) mass is 635 g/mol. The van der Waals surface area contributed by atoms with Crippen LogP contribution in [0.25, 0.3) is 10.9 Å². The van der Waals surface area contributed by atoms with Crippen LogP contribution in [0.1, 0.15) is 39.7 Å². The first-order valence-corrected chi connectivity index (χ1v) is 15.0. The number of amides is 2. The van der Waals surface area contributed by atoms with Crippen LogP contribution in [0.5, 0.6) is 17.2 Å². The van der Waals surface area contributed by atoms with Crippen molar-refractivity contribution in [1.29, 1.82) is 0 Å². The van der Waals surface area contributed by atoms with Gasteiger partial charge in [0, 0.05) is 37.8 Å². The van der Waals surface area contributed by atoms with Crippen molar-refractivity contribution in [2.24, 2.45) is 0 Å². The van der Waals surface area contributed by atoms with Crippen molar-refractivity contribution >= 4 is 34.2 Å². The Bertz CT molecular complexity index is 1940. The van der Waals surface area contributed by atoms with E-state index >= 15 is 0 Å². The van der Waals surface area contributed by atoms with Gasteiger partial charge >= 0.3 is 0 Å². The van der Waals surface area contributed by atoms with Crippen molar-refractivity contribution < 1.29 is 28.6 Å². The topological polar surface area (TPSA) is 162 Å². The molecule has 0 saturated heterocycles. The number of benzene rings is 3. The molecular formula is C34H33N7O6. The fourth-order valence-electron chi connectivity index (χ4n) is 5.43. The molecule has 240 valence electrons. The summed E-state index contributed by atoms with van der Waals surface area (Å²) in [4.78, 5) is 53.8. The molecule has 2 N–H and O–H groups in total. The summed E-state index contributed by atoms with van der Waals surface area (Å²) < 4.78 is 16.7. The lowest BCUT2D eigenvalue weighted by Crippen LogP contribution is -2.49. The SMILES string of the molecule is COc1cc2ncnc(CC(=O)CCc3ccc4c(c3)N(C)C(=O)[C@H](NC(=O)c3n[nH]c(Cc5ccccc5)n3)CO4)c2cc1OC. The second kappa shape index (κ2) is 13.6. The Morgan fingerprint density at radius 1 is 1.02 bits per heavy atom. The number of carbonyl (C=O) groups excluding carboxylic acids is 3. The van der Waals surface area contributed by atoms with Gasteiger partial charge in [-0.05, 0) is 35.7 Å². The lowest BCUT2D eigenvalue weighted by atomic mass is 10.0. The van der Waals surface area contributed by atoms with Gasteiger partial charge in [0.2, 0.25) is 5.82 Å². The summed E-state index contributed by atoms with van der Waals surface area (Å²) in [7, 11) is 4.72. The number of hydrogen-bond donors (Lipinski definition) is 2. The fourth-order valence-corrected chi connectivity index (χ4v) is 5.43. The number of rotatable bonds is 11. The number of fused-ring (bicyclic) bond motifs is 2. The van der Waals surface area contributed by atoms with E-state index in [1.165, 1.54) is 11.2 Å². The average Bonchev–Trinajstić information content (AvgIpc) is 3.53. The Morgan fingerprint density at radius 3 is 2.60 bits per heavy atom. The Hall–Kier alpha value is -5.85. The van der Waals surface area contributed by atoms with Crippen LogP contribution in [0.4, 0.5) is 5.69 Å². The van der Waals surface area contributed by atoms with Gasteiger partial charge in [0.15, 0.2) is 11.5 Å². The molecular weight excluding hydrogens is 602 g/mol. The second-order valence-corrected chi connectivity index (χ2v) is 11.1. The first-order chi connectivity index (χ1) is 22.8. The van der Waals surface area contributed by atoms with Crippen LogP contribution in [-0.4, -0.2) is 76.7 Å². The molecule has 0 bridgehead atoms. The minimum Gasteiger partial charge on any atom is -0.493 e. The third kappa shape index (κ3) is 6.88. The quantitative estimate of drug-likeness (QED) is 0.220. The number of H-pyrrole nitrogens is 1. The highest BCUT2D eigenvalue weighted by Crippen LogP contribution is 2.33. The van der Waals surface area contributed by atoms with E-state index in [0.717, 1.165) is 16.5 Å². The van der Waals surface area contributed by atoms with Crippen molar-refractivity contribution in [2.45, 2.75) is 31.7 Å². The van der Waals surface area contributed by atoms with Crippen molar-refractivity contribution in [2.75, 3.05) is 32.8 Å². The van der Waals surface area contributed by atoms with Gasteiger partial charge in [-0.15, -0.1) is 5.10 Å². The Kier molecular flexibility index (Phi) is 9.04. The van der Waals surface area contributed by atoms with E-state index in [9.17, 15) is 14.4 Å². The highest BCUT2D eigenvalue weighted by atomic mass is 16.5. The van der Waals surface area contributed by atoms with Crippen LogP contribution in [0.2, 0.25) is 0 Å². The zero-order chi connectivity index (χ0) is 32.9. The summed E-state index contributed by atoms with van der Waals surface area (Å²) in [6, 6.07) is 17.7. The first kappa shape index (κ1) is 31.1. The van der Waals surface area contributed by atoms with Gasteiger partial charge in [-0.2, -0.15) is 0 Å². The molecule has 47 heavy (non-hydrogen) atoms. The first-order valence-electron chi connectivity index (χ1n) is 15.0. The third-order valence-corrected chi connectivity index (χ3v) is 7.95. The third-order valence-electron chi connectivity index (χ3n) is 7.95. The predicted octanol–water partition coefficient (Wildman–Crippen LogP) is 3.25. The van der Waals surface area contributed by atoms with E-state index in [2.05, 4.69) is 30.5 Å². The van der Waals surface area contributed by atoms with Gasteiger partial charge in [0.05, 0.1) is 31.1 Å². The van der Waals surface area contributed by atoms with Gasteiger partial charge in [0.1, 0.15) is 36.3 Å². The van der Waals surface area contributed by atoms with Crippen LogP contribution >= 0.6 is 0 Å². The highest BCUT2D eigenvalue weighted by Gasteiger charge is 2.32. The molecule has 3 aromatic carbocycles. The number of aromatic nitrogens is 5. The molecule has 6 rings (SSSR count). The standard InChI is InChI=1S/C34H33N7O6/c1-41-27-13-21(9-11-22(42)15-24-23-16-29(45-2)30(46-3)17-25(23)36-19-35-24)10-12-28(27)47-18-26(34(41)44)37-33(43)32-38-31(39-40-32)14-20-7-5-4-6-8-20/h4-8,10,12-13,16-17,19,26H,9,11,14-15,18H2,1-3H3,(H,37,43)(H,38,39,40)/t26-/m1/s1. The van der Waals surface area contributed by atoms with Crippen LogP contribution in [0.15, 0.2) is 67.0 Å². The number of nitrogens with zero attached hydrogens (tertiary/aromatic N) is 5. The van der Waals surface area contributed by atoms with Crippen molar-refractivity contribution in [3.63, 3.8) is 0 Å². The van der Waals surface area contributed by atoms with E-state index in [4.69, 9.17) is 14.2 Å². The number of anilines is 1. The number of aryl methyl sites for hydroxylation is 1. The van der Waals surface area contributed by atoms with Crippen LogP contribution in [-0.2, 0) is 28.9 Å². The number of carbonyl (C=O) groups is 3.